The quantitative estimate of drug-likeness (QED) is 0.596. The van der Waals surface area contributed by atoms with Crippen molar-refractivity contribution in [3.05, 3.63) is 64.2 Å². The molecular weight excluding hydrogens is 331 g/mol. The lowest BCUT2D eigenvalue weighted by atomic mass is 10.0. The Morgan fingerprint density at radius 2 is 1.41 bits per heavy atom. The van der Waals surface area contributed by atoms with Crippen LogP contribution in [0.15, 0.2) is 36.4 Å². The first kappa shape index (κ1) is 16.0. The Hall–Kier alpha value is -0.830. The minimum atomic E-state index is -2.77. The summed E-state index contributed by atoms with van der Waals surface area (Å²) < 4.78 is 18.9. The molecule has 1 heterocycles. The van der Waals surface area contributed by atoms with Crippen molar-refractivity contribution in [1.82, 2.24) is 0 Å². The predicted octanol–water partition coefficient (Wildman–Crippen LogP) is 6.28. The molecule has 0 saturated carbocycles. The molecule has 0 unspecified atom stereocenters. The highest BCUT2D eigenvalue weighted by Crippen LogP contribution is 2.72. The standard InChI is InChI=1S/C17H19O2PS2/c1-12-4-6-17(7-5-12)19-20(18)21-10-15-8-13(2)14(3)9-16(15)11-22-20/h4-9H,10-11H2,1-3H3. The van der Waals surface area contributed by atoms with Crippen LogP contribution in [-0.2, 0) is 16.1 Å². The molecule has 0 aliphatic carbocycles. The molecule has 0 amide bonds. The zero-order valence-corrected chi connectivity index (χ0v) is 15.5. The van der Waals surface area contributed by atoms with Crippen molar-refractivity contribution in [3.63, 3.8) is 0 Å². The van der Waals surface area contributed by atoms with Crippen LogP contribution in [-0.4, -0.2) is 0 Å². The fourth-order valence-electron chi connectivity index (χ4n) is 2.32. The summed E-state index contributed by atoms with van der Waals surface area (Å²) in [4.78, 5) is 0. The lowest BCUT2D eigenvalue weighted by molar-refractivity contribution is 0.515. The summed E-state index contributed by atoms with van der Waals surface area (Å²) in [5, 5.41) is 0. The minimum Gasteiger partial charge on any atom is -0.429 e. The SMILES string of the molecule is Cc1ccc(OP2(=O)SCc3cc(C)c(C)cc3CS2)cc1. The zero-order valence-electron chi connectivity index (χ0n) is 13.0. The predicted molar refractivity (Wildman–Crippen MR) is 97.9 cm³/mol. The molecule has 3 rings (SSSR count). The van der Waals surface area contributed by atoms with Gasteiger partial charge in [0.1, 0.15) is 5.75 Å². The van der Waals surface area contributed by atoms with E-state index in [1.54, 1.807) is 0 Å². The second-order valence-electron chi connectivity index (χ2n) is 5.60. The van der Waals surface area contributed by atoms with E-state index >= 15 is 0 Å². The van der Waals surface area contributed by atoms with Crippen LogP contribution in [0.4, 0.5) is 0 Å². The van der Waals surface area contributed by atoms with Crippen LogP contribution < -0.4 is 4.52 Å². The molecule has 0 aromatic heterocycles. The molecule has 0 fully saturated rings. The number of fused-ring (bicyclic) bond motifs is 1. The molecule has 0 N–H and O–H groups in total. The van der Waals surface area contributed by atoms with Crippen molar-refractivity contribution in [3.8, 4) is 5.75 Å². The summed E-state index contributed by atoms with van der Waals surface area (Å²) >= 11 is 2.88. The van der Waals surface area contributed by atoms with E-state index in [2.05, 4.69) is 26.0 Å². The van der Waals surface area contributed by atoms with Gasteiger partial charge < -0.3 is 4.52 Å². The summed E-state index contributed by atoms with van der Waals surface area (Å²) in [5.41, 5.74) is 6.32. The van der Waals surface area contributed by atoms with Gasteiger partial charge in [0, 0.05) is 11.5 Å². The van der Waals surface area contributed by atoms with Gasteiger partial charge in [0.05, 0.1) is 0 Å². The van der Waals surface area contributed by atoms with E-state index in [0.29, 0.717) is 5.75 Å². The van der Waals surface area contributed by atoms with Crippen molar-refractivity contribution in [1.29, 1.82) is 0 Å². The highest BCUT2D eigenvalue weighted by atomic mass is 33.1. The van der Waals surface area contributed by atoms with Crippen molar-refractivity contribution in [2.45, 2.75) is 32.3 Å². The minimum absolute atomic E-state index is 0.687. The van der Waals surface area contributed by atoms with E-state index in [0.717, 1.165) is 11.5 Å². The Labute approximate surface area is 140 Å². The fraction of sp³-hybridized carbons (Fsp3) is 0.294. The molecule has 5 heteroatoms. The number of hydrogen-bond acceptors (Lipinski definition) is 4. The molecule has 22 heavy (non-hydrogen) atoms. The summed E-state index contributed by atoms with van der Waals surface area (Å²) in [6, 6.07) is 12.2. The molecule has 1 aliphatic heterocycles. The average Bonchev–Trinajstić information content (AvgIpc) is 2.63. The summed E-state index contributed by atoms with van der Waals surface area (Å²) in [7, 11) is 0. The third kappa shape index (κ3) is 3.56. The Bertz CT molecular complexity index is 704. The van der Waals surface area contributed by atoms with E-state index in [4.69, 9.17) is 4.52 Å². The summed E-state index contributed by atoms with van der Waals surface area (Å²) in [6.07, 6.45) is 0. The summed E-state index contributed by atoms with van der Waals surface area (Å²) in [5.74, 6) is -0.601. The van der Waals surface area contributed by atoms with Crippen molar-refractivity contribution < 1.29 is 9.09 Å². The first-order valence-corrected chi connectivity index (χ1v) is 12.0. The maximum absolute atomic E-state index is 13.0. The molecule has 2 aromatic carbocycles. The second kappa shape index (κ2) is 6.35. The van der Waals surface area contributed by atoms with E-state index in [9.17, 15) is 4.57 Å². The Balaban J connectivity index is 1.80. The van der Waals surface area contributed by atoms with E-state index in [1.807, 2.05) is 31.2 Å². The van der Waals surface area contributed by atoms with Crippen LogP contribution in [0.2, 0.25) is 0 Å². The van der Waals surface area contributed by atoms with Crippen LogP contribution >= 0.6 is 28.5 Å². The second-order valence-corrected chi connectivity index (χ2v) is 12.9. The number of hydrogen-bond donors (Lipinski definition) is 0. The maximum Gasteiger partial charge on any atom is 0.360 e. The lowest BCUT2D eigenvalue weighted by Gasteiger charge is -2.15. The molecule has 0 spiro atoms. The van der Waals surface area contributed by atoms with Crippen LogP contribution in [0.25, 0.3) is 0 Å². The van der Waals surface area contributed by atoms with Crippen LogP contribution in [0.3, 0.4) is 0 Å². The molecule has 0 bridgehead atoms. The van der Waals surface area contributed by atoms with E-state index in [1.165, 1.54) is 50.6 Å². The van der Waals surface area contributed by atoms with Crippen molar-refractivity contribution in [2.24, 2.45) is 0 Å². The van der Waals surface area contributed by atoms with Gasteiger partial charge in [0.2, 0.25) is 0 Å². The Morgan fingerprint density at radius 1 is 0.909 bits per heavy atom. The third-order valence-electron chi connectivity index (χ3n) is 3.81. The highest BCUT2D eigenvalue weighted by Gasteiger charge is 2.30. The molecular formula is C17H19O2PS2. The zero-order chi connectivity index (χ0) is 15.7. The van der Waals surface area contributed by atoms with Crippen molar-refractivity contribution in [2.75, 3.05) is 0 Å². The molecule has 116 valence electrons. The number of benzene rings is 2. The first-order chi connectivity index (χ1) is 10.5. The first-order valence-electron chi connectivity index (χ1n) is 7.19. The van der Waals surface area contributed by atoms with Gasteiger partial charge in [-0.2, -0.15) is 0 Å². The molecule has 0 saturated heterocycles. The Morgan fingerprint density at radius 3 is 1.91 bits per heavy atom. The molecule has 2 aromatic rings. The van der Waals surface area contributed by atoms with Crippen LogP contribution in [0.1, 0.15) is 27.8 Å². The average molecular weight is 350 g/mol. The monoisotopic (exact) mass is 350 g/mol. The van der Waals surface area contributed by atoms with E-state index < -0.39 is 5.77 Å². The van der Waals surface area contributed by atoms with Crippen LogP contribution in [0, 0.1) is 20.8 Å². The highest BCUT2D eigenvalue weighted by molar-refractivity contribution is 8.89. The van der Waals surface area contributed by atoms with Crippen LogP contribution in [0.5, 0.6) is 5.75 Å². The largest absolute Gasteiger partial charge is 0.429 e. The topological polar surface area (TPSA) is 26.3 Å². The maximum atomic E-state index is 13.0. The van der Waals surface area contributed by atoms with Gasteiger partial charge in [-0.15, -0.1) is 0 Å². The number of aryl methyl sites for hydroxylation is 3. The van der Waals surface area contributed by atoms with Gasteiger partial charge in [-0.1, -0.05) is 29.8 Å². The smallest absolute Gasteiger partial charge is 0.360 e. The van der Waals surface area contributed by atoms with E-state index in [-0.39, 0.29) is 0 Å². The van der Waals surface area contributed by atoms with Crippen molar-refractivity contribution >= 4 is 28.5 Å². The normalized spacial score (nSPS) is 16.7. The molecule has 0 radical (unpaired) electrons. The number of rotatable bonds is 2. The molecule has 2 nitrogen and oxygen atoms in total. The Kier molecular flexibility index (Phi) is 4.63. The van der Waals surface area contributed by atoms with Gasteiger partial charge >= 0.3 is 5.77 Å². The van der Waals surface area contributed by atoms with Gasteiger partial charge in [-0.25, -0.2) is 0 Å². The van der Waals surface area contributed by atoms with Gasteiger partial charge in [0.15, 0.2) is 0 Å². The molecule has 0 atom stereocenters. The van der Waals surface area contributed by atoms with Gasteiger partial charge in [0.25, 0.3) is 0 Å². The lowest BCUT2D eigenvalue weighted by Crippen LogP contribution is -1.92. The van der Waals surface area contributed by atoms with Gasteiger partial charge in [-0.05, 0) is 77.9 Å². The summed E-state index contributed by atoms with van der Waals surface area (Å²) in [6.45, 7) is 6.28. The van der Waals surface area contributed by atoms with Gasteiger partial charge in [-0.3, -0.25) is 4.57 Å². The molecule has 1 aliphatic rings. The fourth-order valence-corrected chi connectivity index (χ4v) is 8.47. The third-order valence-corrected chi connectivity index (χ3v) is 10.8.